The summed E-state index contributed by atoms with van der Waals surface area (Å²) in [6.07, 6.45) is -32.5. The van der Waals surface area contributed by atoms with Gasteiger partial charge in [0, 0.05) is 24.9 Å². The molecule has 0 rings (SSSR count). The molecule has 0 aliphatic heterocycles. The zero-order valence-corrected chi connectivity index (χ0v) is 20.5. The molecule has 0 saturated carbocycles. The van der Waals surface area contributed by atoms with Gasteiger partial charge in [-0.2, -0.15) is 57.0 Å². The van der Waals surface area contributed by atoms with Crippen molar-refractivity contribution in [3.05, 3.63) is 0 Å². The Balaban J connectivity index is 0. The van der Waals surface area contributed by atoms with E-state index in [0.717, 1.165) is 0 Å². The number of ether oxygens (including phenoxy) is 2. The van der Waals surface area contributed by atoms with Crippen LogP contribution in [0.4, 0.5) is 61.5 Å². The first-order valence-corrected chi connectivity index (χ1v) is 9.34. The molecule has 0 spiro atoms. The van der Waals surface area contributed by atoms with Gasteiger partial charge in [-0.25, -0.2) is 8.78 Å². The molecule has 0 fully saturated rings. The number of rotatable bonds is 12. The Labute approximate surface area is 222 Å². The van der Waals surface area contributed by atoms with Crippen molar-refractivity contribution in [3.8, 4) is 0 Å². The summed E-state index contributed by atoms with van der Waals surface area (Å²) in [6.45, 7) is -3.82. The Hall–Kier alpha value is -0.810. The summed E-state index contributed by atoms with van der Waals surface area (Å²) in [5.41, 5.74) is -11.7. The van der Waals surface area contributed by atoms with Gasteiger partial charge in [0.1, 0.15) is 5.25 Å². The number of halogens is 14. The minimum absolute atomic E-state index is 0. The Morgan fingerprint density at radius 1 is 0.676 bits per heavy atom. The van der Waals surface area contributed by atoms with Crippen LogP contribution in [0, 0.1) is 0 Å². The largest absolute Gasteiger partial charge is 1.00 e. The second-order valence-electron chi connectivity index (χ2n) is 6.41. The van der Waals surface area contributed by atoms with Crippen LogP contribution in [-0.4, -0.2) is 66.4 Å². The molecule has 214 valence electrons. The van der Waals surface area contributed by atoms with E-state index in [1.807, 2.05) is 0 Å². The third kappa shape index (κ3) is 10.4. The maximum atomic E-state index is 13.5. The molecule has 0 saturated heterocycles. The van der Waals surface area contributed by atoms with E-state index in [2.05, 4.69) is 18.8 Å². The third-order valence-electron chi connectivity index (χ3n) is 4.00. The van der Waals surface area contributed by atoms with Crippen LogP contribution in [0.2, 0.25) is 0 Å². The van der Waals surface area contributed by atoms with Gasteiger partial charge in [-0.1, -0.05) is 0 Å². The Bertz CT molecular complexity index is 712. The molecule has 0 heterocycles. The van der Waals surface area contributed by atoms with E-state index in [-0.39, 0.29) is 29.6 Å². The van der Waals surface area contributed by atoms with E-state index in [1.165, 1.54) is 0 Å². The number of carbonyl (C=O) groups is 2. The van der Waals surface area contributed by atoms with Crippen molar-refractivity contribution in [1.82, 2.24) is 0 Å². The SMILES string of the molecule is O=C(CC(SOO[O-])C(=O)OCCC(F)(C(F)(F)F)C(F)(F)F)OCCC(F)(C(F)(F)F)C(F)(F)F.[Na+]. The van der Waals surface area contributed by atoms with Crippen LogP contribution < -0.4 is 34.8 Å². The molecule has 1 unspecified atom stereocenters. The molecule has 23 heteroatoms. The minimum atomic E-state index is -6.51. The second-order valence-corrected chi connectivity index (χ2v) is 7.30. The maximum absolute atomic E-state index is 13.5. The molecule has 0 aromatic carbocycles. The molecular weight excluding hydrogens is 601 g/mol. The molecule has 0 aromatic rings. The number of hydrogen-bond acceptors (Lipinski definition) is 8. The number of esters is 2. The van der Waals surface area contributed by atoms with Gasteiger partial charge in [-0.15, -0.1) is 0 Å². The normalized spacial score (nSPS) is 14.6. The Kier molecular flexibility index (Phi) is 14.5. The minimum Gasteiger partial charge on any atom is -0.691 e. The first-order chi connectivity index (χ1) is 15.9. The fourth-order valence-electron chi connectivity index (χ4n) is 2.01. The maximum Gasteiger partial charge on any atom is 1.00 e. The average Bonchev–Trinajstić information content (AvgIpc) is 2.67. The first-order valence-electron chi connectivity index (χ1n) is 8.53. The van der Waals surface area contributed by atoms with E-state index >= 15 is 0 Å². The van der Waals surface area contributed by atoms with Crippen molar-refractivity contribution in [1.29, 1.82) is 0 Å². The second kappa shape index (κ2) is 14.0. The van der Waals surface area contributed by atoms with Gasteiger partial charge in [-0.3, -0.25) is 14.6 Å². The predicted octanol–water partition coefficient (Wildman–Crippen LogP) is 1.15. The molecular formula is C14H11F14NaO7S. The molecule has 7 nitrogen and oxygen atoms in total. The quantitative estimate of drug-likeness (QED) is 0.0811. The monoisotopic (exact) mass is 612 g/mol. The third-order valence-corrected chi connectivity index (χ3v) is 4.72. The smallest absolute Gasteiger partial charge is 0.691 e. The van der Waals surface area contributed by atoms with Gasteiger partial charge >= 0.3 is 77.5 Å². The van der Waals surface area contributed by atoms with Crippen LogP contribution in [0.1, 0.15) is 19.3 Å². The summed E-state index contributed by atoms with van der Waals surface area (Å²) in [4.78, 5) is 23.3. The van der Waals surface area contributed by atoms with Gasteiger partial charge in [0.25, 0.3) is 0 Å². The first kappa shape index (κ1) is 38.3. The zero-order chi connectivity index (χ0) is 28.8. The summed E-state index contributed by atoms with van der Waals surface area (Å²) < 4.78 is 187. The molecule has 37 heavy (non-hydrogen) atoms. The molecule has 0 amide bonds. The van der Waals surface area contributed by atoms with Crippen LogP contribution in [0.25, 0.3) is 0 Å². The summed E-state index contributed by atoms with van der Waals surface area (Å²) >= 11 is -0.508. The fraction of sp³-hybridized carbons (Fsp3) is 0.857. The Morgan fingerprint density at radius 3 is 1.35 bits per heavy atom. The summed E-state index contributed by atoms with van der Waals surface area (Å²) in [6, 6.07) is 0. The zero-order valence-electron chi connectivity index (χ0n) is 17.7. The van der Waals surface area contributed by atoms with E-state index in [0.29, 0.717) is 0 Å². The van der Waals surface area contributed by atoms with E-state index in [1.54, 1.807) is 0 Å². The standard InChI is InChI=1S/C14H12F14O7S.Na/c15-9(11(17,18)19,12(20,21)22)1-3-32-7(29)5-6(36-35-34-31)8(30)33-4-2-10(16,13(23,24)25)14(26,27)28;/h6,31H,1-5H2;/q;+1/p-1. The van der Waals surface area contributed by atoms with Gasteiger partial charge in [-0.05, 0) is 0 Å². The van der Waals surface area contributed by atoms with Gasteiger partial charge in [0.2, 0.25) is 0 Å². The molecule has 0 aliphatic carbocycles. The molecule has 1 atom stereocenters. The van der Waals surface area contributed by atoms with Crippen molar-refractivity contribution in [2.75, 3.05) is 13.2 Å². The van der Waals surface area contributed by atoms with Crippen LogP contribution in [0.3, 0.4) is 0 Å². The fourth-order valence-corrected chi connectivity index (χ4v) is 2.49. The van der Waals surface area contributed by atoms with Gasteiger partial charge in [0.15, 0.2) is 0 Å². The predicted molar refractivity (Wildman–Crippen MR) is 81.2 cm³/mol. The number of hydrogen-bond donors (Lipinski definition) is 0. The Morgan fingerprint density at radius 2 is 1.03 bits per heavy atom. The summed E-state index contributed by atoms with van der Waals surface area (Å²) in [5, 5.41) is 10.3. The van der Waals surface area contributed by atoms with E-state index in [9.17, 15) is 76.3 Å². The van der Waals surface area contributed by atoms with Crippen LogP contribution >= 0.6 is 12.0 Å². The summed E-state index contributed by atoms with van der Waals surface area (Å²) in [5.74, 6) is -3.87. The van der Waals surface area contributed by atoms with Crippen LogP contribution in [-0.2, 0) is 28.4 Å². The van der Waals surface area contributed by atoms with Crippen LogP contribution in [0.15, 0.2) is 0 Å². The molecule has 0 aliphatic rings. The van der Waals surface area contributed by atoms with Crippen LogP contribution in [0.5, 0.6) is 0 Å². The van der Waals surface area contributed by atoms with Gasteiger partial charge in [0.05, 0.1) is 19.6 Å². The summed E-state index contributed by atoms with van der Waals surface area (Å²) in [7, 11) is 0. The number of carbonyl (C=O) groups excluding carboxylic acids is 2. The molecule has 0 radical (unpaired) electrons. The van der Waals surface area contributed by atoms with Crippen molar-refractivity contribution >= 4 is 24.0 Å². The van der Waals surface area contributed by atoms with E-state index < -0.39 is 97.8 Å². The molecule has 0 bridgehead atoms. The van der Waals surface area contributed by atoms with Crippen molar-refractivity contribution < 1.29 is 125 Å². The van der Waals surface area contributed by atoms with E-state index in [4.69, 9.17) is 0 Å². The molecule has 0 aromatic heterocycles. The van der Waals surface area contributed by atoms with Gasteiger partial charge < -0.3 is 14.7 Å². The topological polar surface area (TPSA) is 94.1 Å². The van der Waals surface area contributed by atoms with Crippen molar-refractivity contribution in [2.45, 2.75) is 60.6 Å². The van der Waals surface area contributed by atoms with Crippen molar-refractivity contribution in [2.24, 2.45) is 0 Å². The average molecular weight is 612 g/mol. The van der Waals surface area contributed by atoms with Crippen molar-refractivity contribution in [3.63, 3.8) is 0 Å². The molecule has 0 N–H and O–H groups in total. The number of alkyl halides is 14.